The van der Waals surface area contributed by atoms with Gasteiger partial charge in [0.2, 0.25) is 5.89 Å². The number of oxazole rings is 1. The Hall–Kier alpha value is -4.63. The highest BCUT2D eigenvalue weighted by Gasteiger charge is 2.37. The van der Waals surface area contributed by atoms with E-state index in [1.165, 1.54) is 22.3 Å². The number of para-hydroxylation sites is 2. The predicted molar refractivity (Wildman–Crippen MR) is 152 cm³/mol. The highest BCUT2D eigenvalue weighted by atomic mass is 16.3. The molecule has 0 saturated carbocycles. The first kappa shape index (κ1) is 21.6. The average molecular weight is 479 g/mol. The maximum absolute atomic E-state index is 6.23. The van der Waals surface area contributed by atoms with E-state index in [0.717, 1.165) is 33.7 Å². The third kappa shape index (κ3) is 3.47. The Morgan fingerprint density at radius 2 is 1.19 bits per heavy atom. The molecule has 1 aromatic heterocycles. The van der Waals surface area contributed by atoms with E-state index < -0.39 is 0 Å². The van der Waals surface area contributed by atoms with E-state index in [4.69, 9.17) is 9.40 Å². The molecule has 1 aliphatic rings. The molecule has 3 nitrogen and oxygen atoms in total. The Bertz CT molecular complexity index is 1700. The fourth-order valence-electron chi connectivity index (χ4n) is 5.60. The third-order valence-electron chi connectivity index (χ3n) is 7.48. The van der Waals surface area contributed by atoms with Crippen molar-refractivity contribution >= 4 is 28.2 Å². The lowest BCUT2D eigenvalue weighted by molar-refractivity contribution is 0.614. The summed E-state index contributed by atoms with van der Waals surface area (Å²) in [5.74, 6) is 0.658. The zero-order valence-electron chi connectivity index (χ0n) is 20.8. The molecule has 6 aromatic rings. The van der Waals surface area contributed by atoms with Crippen LogP contribution >= 0.6 is 0 Å². The van der Waals surface area contributed by atoms with Gasteiger partial charge in [-0.25, -0.2) is 4.98 Å². The summed E-state index contributed by atoms with van der Waals surface area (Å²) in [7, 11) is 0. The molecule has 0 unspecified atom stereocenters. The van der Waals surface area contributed by atoms with Crippen molar-refractivity contribution in [2.75, 3.05) is 4.90 Å². The van der Waals surface area contributed by atoms with Crippen LogP contribution in [-0.2, 0) is 5.41 Å². The molecule has 7 rings (SSSR count). The molecule has 0 fully saturated rings. The molecule has 0 spiro atoms. The SMILES string of the molecule is CC1(C)c2ccc(N(c3ccccc3)c3ccccc3)cc2-c2cc3nc(-c4ccccc4)oc3cc21. The highest BCUT2D eigenvalue weighted by molar-refractivity contribution is 5.92. The van der Waals surface area contributed by atoms with Gasteiger partial charge < -0.3 is 9.32 Å². The van der Waals surface area contributed by atoms with Crippen molar-refractivity contribution in [1.82, 2.24) is 4.98 Å². The summed E-state index contributed by atoms with van der Waals surface area (Å²) in [6.45, 7) is 4.59. The minimum atomic E-state index is -0.137. The van der Waals surface area contributed by atoms with Crippen LogP contribution in [0.15, 0.2) is 126 Å². The molecule has 5 aromatic carbocycles. The summed E-state index contributed by atoms with van der Waals surface area (Å²) in [5.41, 5.74) is 11.0. The number of aromatic nitrogens is 1. The second-order valence-corrected chi connectivity index (χ2v) is 10.1. The Morgan fingerprint density at radius 3 is 1.84 bits per heavy atom. The standard InChI is InChI=1S/C34H26N2O/c1-34(2)29-19-18-26(36(24-14-8-4-9-15-24)25-16-10-5-11-17-25)20-27(29)28-21-31-32(22-30(28)34)37-33(35-31)23-12-6-3-7-13-23/h3-22H,1-2H3. The lowest BCUT2D eigenvalue weighted by Gasteiger charge is -2.27. The molecule has 3 heteroatoms. The number of hydrogen-bond donors (Lipinski definition) is 0. The Balaban J connectivity index is 1.40. The maximum atomic E-state index is 6.23. The van der Waals surface area contributed by atoms with Crippen LogP contribution in [0.1, 0.15) is 25.0 Å². The van der Waals surface area contributed by atoms with Crippen molar-refractivity contribution in [1.29, 1.82) is 0 Å². The summed E-state index contributed by atoms with van der Waals surface area (Å²) in [5, 5.41) is 0. The molecule has 37 heavy (non-hydrogen) atoms. The van der Waals surface area contributed by atoms with Crippen LogP contribution in [-0.4, -0.2) is 4.98 Å². The molecule has 1 heterocycles. The second-order valence-electron chi connectivity index (χ2n) is 10.1. The van der Waals surface area contributed by atoms with E-state index in [9.17, 15) is 0 Å². The topological polar surface area (TPSA) is 29.3 Å². The Labute approximate surface area is 216 Å². The van der Waals surface area contributed by atoms with E-state index in [0.29, 0.717) is 5.89 Å². The lowest BCUT2D eigenvalue weighted by Crippen LogP contribution is -2.15. The smallest absolute Gasteiger partial charge is 0.227 e. The summed E-state index contributed by atoms with van der Waals surface area (Å²) < 4.78 is 6.23. The minimum absolute atomic E-state index is 0.137. The Morgan fingerprint density at radius 1 is 0.595 bits per heavy atom. The molecule has 0 aliphatic heterocycles. The van der Waals surface area contributed by atoms with Crippen LogP contribution in [0.4, 0.5) is 17.1 Å². The van der Waals surface area contributed by atoms with Crippen molar-refractivity contribution in [3.63, 3.8) is 0 Å². The largest absolute Gasteiger partial charge is 0.436 e. The highest BCUT2D eigenvalue weighted by Crippen LogP contribution is 2.51. The van der Waals surface area contributed by atoms with Crippen molar-refractivity contribution in [3.05, 3.63) is 132 Å². The van der Waals surface area contributed by atoms with E-state index in [2.05, 4.69) is 110 Å². The fraction of sp³-hybridized carbons (Fsp3) is 0.0882. The molecule has 0 N–H and O–H groups in total. The van der Waals surface area contributed by atoms with Crippen molar-refractivity contribution in [3.8, 4) is 22.6 Å². The third-order valence-corrected chi connectivity index (χ3v) is 7.48. The van der Waals surface area contributed by atoms with E-state index in [1.807, 2.05) is 30.3 Å². The van der Waals surface area contributed by atoms with Crippen molar-refractivity contribution in [2.24, 2.45) is 0 Å². The average Bonchev–Trinajstić information content (AvgIpc) is 3.46. The number of nitrogens with zero attached hydrogens (tertiary/aromatic N) is 2. The van der Waals surface area contributed by atoms with E-state index >= 15 is 0 Å². The van der Waals surface area contributed by atoms with Crippen LogP contribution in [0.3, 0.4) is 0 Å². The zero-order chi connectivity index (χ0) is 25.0. The summed E-state index contributed by atoms with van der Waals surface area (Å²) in [6, 6.07) is 42.4. The number of hydrogen-bond acceptors (Lipinski definition) is 3. The number of benzene rings is 5. The summed E-state index contributed by atoms with van der Waals surface area (Å²) in [6.07, 6.45) is 0. The van der Waals surface area contributed by atoms with Crippen LogP contribution in [0.2, 0.25) is 0 Å². The fourth-order valence-corrected chi connectivity index (χ4v) is 5.60. The van der Waals surface area contributed by atoms with Gasteiger partial charge >= 0.3 is 0 Å². The van der Waals surface area contributed by atoms with Gasteiger partial charge in [-0.05, 0) is 82.9 Å². The normalized spacial score (nSPS) is 13.4. The first-order chi connectivity index (χ1) is 18.1. The number of anilines is 3. The predicted octanol–water partition coefficient (Wildman–Crippen LogP) is 9.27. The molecule has 0 radical (unpaired) electrons. The molecule has 0 bridgehead atoms. The second kappa shape index (κ2) is 8.21. The van der Waals surface area contributed by atoms with Crippen molar-refractivity contribution in [2.45, 2.75) is 19.3 Å². The van der Waals surface area contributed by atoms with Gasteiger partial charge in [0, 0.05) is 28.0 Å². The van der Waals surface area contributed by atoms with Gasteiger partial charge in [-0.15, -0.1) is 0 Å². The van der Waals surface area contributed by atoms with Crippen LogP contribution < -0.4 is 4.90 Å². The van der Waals surface area contributed by atoms with Crippen molar-refractivity contribution < 1.29 is 4.42 Å². The molecule has 0 saturated heterocycles. The molecular formula is C34H26N2O. The molecule has 0 amide bonds. The summed E-state index contributed by atoms with van der Waals surface area (Å²) in [4.78, 5) is 7.17. The van der Waals surface area contributed by atoms with Crippen LogP contribution in [0.25, 0.3) is 33.7 Å². The van der Waals surface area contributed by atoms with Crippen LogP contribution in [0, 0.1) is 0 Å². The quantitative estimate of drug-likeness (QED) is 0.253. The molecular weight excluding hydrogens is 452 g/mol. The lowest BCUT2D eigenvalue weighted by atomic mass is 9.82. The molecule has 178 valence electrons. The van der Waals surface area contributed by atoms with Gasteiger partial charge in [0.15, 0.2) is 5.58 Å². The van der Waals surface area contributed by atoms with Gasteiger partial charge in [-0.2, -0.15) is 0 Å². The van der Waals surface area contributed by atoms with Gasteiger partial charge in [0.1, 0.15) is 5.52 Å². The molecule has 1 aliphatic carbocycles. The maximum Gasteiger partial charge on any atom is 0.227 e. The summed E-state index contributed by atoms with van der Waals surface area (Å²) >= 11 is 0. The Kier molecular flexibility index (Phi) is 4.80. The number of fused-ring (bicyclic) bond motifs is 4. The molecule has 0 atom stereocenters. The minimum Gasteiger partial charge on any atom is -0.436 e. The van der Waals surface area contributed by atoms with Gasteiger partial charge in [-0.1, -0.05) is 74.5 Å². The van der Waals surface area contributed by atoms with E-state index in [1.54, 1.807) is 0 Å². The van der Waals surface area contributed by atoms with Crippen LogP contribution in [0.5, 0.6) is 0 Å². The monoisotopic (exact) mass is 478 g/mol. The zero-order valence-corrected chi connectivity index (χ0v) is 20.8. The van der Waals surface area contributed by atoms with Gasteiger partial charge in [0.25, 0.3) is 0 Å². The van der Waals surface area contributed by atoms with Gasteiger partial charge in [0.05, 0.1) is 0 Å². The van der Waals surface area contributed by atoms with Gasteiger partial charge in [-0.3, -0.25) is 0 Å². The first-order valence-corrected chi connectivity index (χ1v) is 12.7. The first-order valence-electron chi connectivity index (χ1n) is 12.7. The van der Waals surface area contributed by atoms with E-state index in [-0.39, 0.29) is 5.41 Å². The number of rotatable bonds is 4.